The molecule has 1 rings (SSSR count). The highest BCUT2D eigenvalue weighted by Crippen LogP contribution is 2.02. The number of aryl methyl sites for hydroxylation is 1. The Hall–Kier alpha value is -0.710. The first-order valence-electron chi connectivity index (χ1n) is 6.75. The number of hydrogen-bond acceptors (Lipinski definition) is 3. The van der Waals surface area contributed by atoms with Crippen LogP contribution < -0.4 is 10.6 Å². The van der Waals surface area contributed by atoms with E-state index in [9.17, 15) is 4.79 Å². The third-order valence-electron chi connectivity index (χ3n) is 3.06. The number of rotatable bonds is 9. The smallest absolute Gasteiger partial charge is 0.237 e. The van der Waals surface area contributed by atoms with Crippen LogP contribution in [0.25, 0.3) is 0 Å². The first-order chi connectivity index (χ1) is 9.27. The van der Waals surface area contributed by atoms with Crippen molar-refractivity contribution in [1.82, 2.24) is 10.6 Å². The molecule has 0 saturated heterocycles. The average molecular weight is 317 g/mol. The van der Waals surface area contributed by atoms with Crippen molar-refractivity contribution in [2.24, 2.45) is 0 Å². The summed E-state index contributed by atoms with van der Waals surface area (Å²) < 4.78 is 0. The van der Waals surface area contributed by atoms with Gasteiger partial charge in [0.15, 0.2) is 0 Å². The topological polar surface area (TPSA) is 41.1 Å². The van der Waals surface area contributed by atoms with Crippen LogP contribution in [-0.2, 0) is 11.2 Å². The van der Waals surface area contributed by atoms with E-state index in [-0.39, 0.29) is 24.4 Å². The van der Waals surface area contributed by atoms with Crippen molar-refractivity contribution >= 4 is 30.1 Å². The molecule has 2 N–H and O–H groups in total. The summed E-state index contributed by atoms with van der Waals surface area (Å²) in [5.41, 5.74) is 1.32. The lowest BCUT2D eigenvalue weighted by Gasteiger charge is -2.15. The highest BCUT2D eigenvalue weighted by atomic mass is 35.5. The minimum Gasteiger partial charge on any atom is -0.355 e. The van der Waals surface area contributed by atoms with Crippen molar-refractivity contribution < 1.29 is 4.79 Å². The van der Waals surface area contributed by atoms with Crippen LogP contribution in [0, 0.1) is 0 Å². The first kappa shape index (κ1) is 19.3. The molecule has 0 aliphatic carbocycles. The molecule has 0 saturated carbocycles. The van der Waals surface area contributed by atoms with E-state index < -0.39 is 0 Å². The summed E-state index contributed by atoms with van der Waals surface area (Å²) in [6.45, 7) is 0.741. The SMILES string of the molecule is CN[C@H](CCSC)C(=O)NCCCc1ccccc1.Cl. The lowest BCUT2D eigenvalue weighted by molar-refractivity contribution is -0.123. The lowest BCUT2D eigenvalue weighted by atomic mass is 10.1. The second-order valence-corrected chi connectivity index (χ2v) is 5.49. The molecule has 1 aromatic carbocycles. The van der Waals surface area contributed by atoms with Gasteiger partial charge < -0.3 is 10.6 Å². The molecule has 0 fully saturated rings. The molecule has 1 atom stereocenters. The summed E-state index contributed by atoms with van der Waals surface area (Å²) in [6.07, 6.45) is 4.93. The summed E-state index contributed by atoms with van der Waals surface area (Å²) >= 11 is 1.77. The second-order valence-electron chi connectivity index (χ2n) is 4.50. The zero-order valence-corrected chi connectivity index (χ0v) is 13.9. The van der Waals surface area contributed by atoms with Gasteiger partial charge in [0.1, 0.15) is 0 Å². The van der Waals surface area contributed by atoms with Gasteiger partial charge in [0, 0.05) is 6.54 Å². The van der Waals surface area contributed by atoms with E-state index in [1.54, 1.807) is 11.8 Å². The molecule has 0 aromatic heterocycles. The molecule has 1 amide bonds. The predicted octanol–water partition coefficient (Wildman–Crippen LogP) is 2.50. The van der Waals surface area contributed by atoms with Gasteiger partial charge in [-0.15, -0.1) is 12.4 Å². The molecule has 0 aliphatic heterocycles. The van der Waals surface area contributed by atoms with E-state index >= 15 is 0 Å². The minimum atomic E-state index is -0.0656. The standard InChI is InChI=1S/C15H24N2OS.ClH/c1-16-14(10-12-19-2)15(18)17-11-6-9-13-7-4-3-5-8-13;/h3-5,7-8,14,16H,6,9-12H2,1-2H3,(H,17,18);1H/t14-;/m1./s1. The molecular formula is C15H25ClN2OS. The molecule has 3 nitrogen and oxygen atoms in total. The maximum Gasteiger partial charge on any atom is 0.237 e. The molecule has 0 radical (unpaired) electrons. The van der Waals surface area contributed by atoms with Crippen molar-refractivity contribution in [1.29, 1.82) is 0 Å². The van der Waals surface area contributed by atoms with Gasteiger partial charge in [-0.3, -0.25) is 4.79 Å². The van der Waals surface area contributed by atoms with Gasteiger partial charge in [0.2, 0.25) is 5.91 Å². The van der Waals surface area contributed by atoms with E-state index in [1.165, 1.54) is 5.56 Å². The number of nitrogens with one attached hydrogen (secondary N) is 2. The summed E-state index contributed by atoms with van der Waals surface area (Å²) in [5, 5.41) is 6.07. The molecule has 20 heavy (non-hydrogen) atoms. The summed E-state index contributed by atoms with van der Waals surface area (Å²) in [4.78, 5) is 11.9. The fraction of sp³-hybridized carbons (Fsp3) is 0.533. The van der Waals surface area contributed by atoms with Crippen molar-refractivity contribution in [3.8, 4) is 0 Å². The highest BCUT2D eigenvalue weighted by Gasteiger charge is 2.14. The molecule has 0 unspecified atom stereocenters. The van der Waals surface area contributed by atoms with Crippen LogP contribution in [0.15, 0.2) is 30.3 Å². The minimum absolute atomic E-state index is 0. The molecule has 0 spiro atoms. The van der Waals surface area contributed by atoms with Crippen LogP contribution in [0.2, 0.25) is 0 Å². The zero-order valence-electron chi connectivity index (χ0n) is 12.2. The van der Waals surface area contributed by atoms with Gasteiger partial charge in [-0.1, -0.05) is 30.3 Å². The Labute approximate surface area is 132 Å². The van der Waals surface area contributed by atoms with Crippen molar-refractivity contribution in [3.05, 3.63) is 35.9 Å². The predicted molar refractivity (Wildman–Crippen MR) is 90.9 cm³/mol. The van der Waals surface area contributed by atoms with Crippen molar-refractivity contribution in [2.75, 3.05) is 25.6 Å². The second kappa shape index (κ2) is 12.1. The van der Waals surface area contributed by atoms with E-state index in [4.69, 9.17) is 0 Å². The monoisotopic (exact) mass is 316 g/mol. The number of halogens is 1. The van der Waals surface area contributed by atoms with Crippen LogP contribution in [0.3, 0.4) is 0 Å². The van der Waals surface area contributed by atoms with Gasteiger partial charge in [0.25, 0.3) is 0 Å². The fourth-order valence-corrected chi connectivity index (χ4v) is 2.39. The lowest BCUT2D eigenvalue weighted by Crippen LogP contribution is -2.43. The van der Waals surface area contributed by atoms with Crippen LogP contribution in [-0.4, -0.2) is 37.6 Å². The number of carbonyl (C=O) groups is 1. The molecule has 0 heterocycles. The summed E-state index contributed by atoms with van der Waals surface area (Å²) in [6, 6.07) is 10.3. The van der Waals surface area contributed by atoms with Gasteiger partial charge in [-0.2, -0.15) is 11.8 Å². The Bertz CT molecular complexity index is 362. The van der Waals surface area contributed by atoms with E-state index in [1.807, 2.05) is 25.2 Å². The van der Waals surface area contributed by atoms with E-state index in [0.29, 0.717) is 0 Å². The molecule has 1 aromatic rings. The Morgan fingerprint density at radius 1 is 1.30 bits per heavy atom. The number of benzene rings is 1. The maximum atomic E-state index is 11.9. The average Bonchev–Trinajstić information content (AvgIpc) is 2.45. The molecule has 5 heteroatoms. The Kier molecular flexibility index (Phi) is 11.6. The van der Waals surface area contributed by atoms with Crippen molar-refractivity contribution in [3.63, 3.8) is 0 Å². The van der Waals surface area contributed by atoms with E-state index in [2.05, 4.69) is 29.0 Å². The summed E-state index contributed by atoms with van der Waals surface area (Å²) in [7, 11) is 1.84. The number of hydrogen-bond donors (Lipinski definition) is 2. The van der Waals surface area contributed by atoms with Gasteiger partial charge in [-0.05, 0) is 43.9 Å². The Morgan fingerprint density at radius 3 is 2.60 bits per heavy atom. The van der Waals surface area contributed by atoms with Crippen LogP contribution in [0.4, 0.5) is 0 Å². The molecule has 114 valence electrons. The normalized spacial score (nSPS) is 11.5. The van der Waals surface area contributed by atoms with Crippen LogP contribution in [0.5, 0.6) is 0 Å². The van der Waals surface area contributed by atoms with Gasteiger partial charge >= 0.3 is 0 Å². The van der Waals surface area contributed by atoms with E-state index in [0.717, 1.165) is 31.6 Å². The molecule has 0 aliphatic rings. The quantitative estimate of drug-likeness (QED) is 0.688. The number of likely N-dealkylation sites (N-methyl/N-ethyl adjacent to an activating group) is 1. The number of carbonyl (C=O) groups excluding carboxylic acids is 1. The van der Waals surface area contributed by atoms with Crippen molar-refractivity contribution in [2.45, 2.75) is 25.3 Å². The maximum absolute atomic E-state index is 11.9. The number of amides is 1. The Morgan fingerprint density at radius 2 is 2.00 bits per heavy atom. The van der Waals surface area contributed by atoms with Gasteiger partial charge in [0.05, 0.1) is 6.04 Å². The number of thioether (sulfide) groups is 1. The van der Waals surface area contributed by atoms with Crippen LogP contribution in [0.1, 0.15) is 18.4 Å². The van der Waals surface area contributed by atoms with Crippen LogP contribution >= 0.6 is 24.2 Å². The Balaban J connectivity index is 0.00000361. The highest BCUT2D eigenvalue weighted by molar-refractivity contribution is 7.98. The molecular weight excluding hydrogens is 292 g/mol. The fourth-order valence-electron chi connectivity index (χ4n) is 1.91. The zero-order chi connectivity index (χ0) is 13.9. The largest absolute Gasteiger partial charge is 0.355 e. The first-order valence-corrected chi connectivity index (χ1v) is 8.15. The summed E-state index contributed by atoms with van der Waals surface area (Å²) in [5.74, 6) is 1.12. The third kappa shape index (κ3) is 7.78. The third-order valence-corrected chi connectivity index (χ3v) is 3.70. The van der Waals surface area contributed by atoms with Gasteiger partial charge in [-0.25, -0.2) is 0 Å². The molecule has 0 bridgehead atoms.